The van der Waals surface area contributed by atoms with Gasteiger partial charge in [0.1, 0.15) is 5.84 Å². The van der Waals surface area contributed by atoms with Crippen molar-refractivity contribution in [1.82, 2.24) is 9.97 Å². The number of para-hydroxylation sites is 1. The summed E-state index contributed by atoms with van der Waals surface area (Å²) in [5, 5.41) is 11.6. The van der Waals surface area contributed by atoms with Crippen molar-refractivity contribution in [2.45, 2.75) is 13.3 Å². The van der Waals surface area contributed by atoms with Gasteiger partial charge in [-0.2, -0.15) is 0 Å². The maximum absolute atomic E-state index is 8.65. The zero-order valence-electron chi connectivity index (χ0n) is 11.3. The Kier molecular flexibility index (Phi) is 4.49. The van der Waals surface area contributed by atoms with Crippen molar-refractivity contribution in [2.75, 3.05) is 11.4 Å². The van der Waals surface area contributed by atoms with Crippen LogP contribution in [0.1, 0.15) is 12.1 Å². The summed E-state index contributed by atoms with van der Waals surface area (Å²) >= 11 is 0. The lowest BCUT2D eigenvalue weighted by Gasteiger charge is -2.22. The van der Waals surface area contributed by atoms with Gasteiger partial charge in [-0.25, -0.2) is 9.97 Å². The highest BCUT2D eigenvalue weighted by atomic mass is 16.4. The second kappa shape index (κ2) is 6.51. The third kappa shape index (κ3) is 3.44. The quantitative estimate of drug-likeness (QED) is 0.376. The van der Waals surface area contributed by atoms with E-state index < -0.39 is 0 Å². The van der Waals surface area contributed by atoms with E-state index in [1.807, 2.05) is 48.2 Å². The third-order valence-corrected chi connectivity index (χ3v) is 2.81. The van der Waals surface area contributed by atoms with E-state index in [0.29, 0.717) is 18.9 Å². The van der Waals surface area contributed by atoms with E-state index in [1.165, 1.54) is 0 Å². The number of hydrogen-bond acceptors (Lipinski definition) is 5. The highest BCUT2D eigenvalue weighted by Crippen LogP contribution is 2.21. The summed E-state index contributed by atoms with van der Waals surface area (Å²) in [6, 6.07) is 11.6. The molecule has 3 N–H and O–H groups in total. The van der Waals surface area contributed by atoms with Crippen molar-refractivity contribution in [1.29, 1.82) is 0 Å². The average Bonchev–Trinajstić information content (AvgIpc) is 2.48. The SMILES string of the molecule is Cc1ccnc(N(CCC(N)=NO)c2ccccc2)n1. The molecule has 2 rings (SSSR count). The number of anilines is 2. The van der Waals surface area contributed by atoms with Crippen LogP contribution < -0.4 is 10.6 Å². The molecule has 0 saturated carbocycles. The van der Waals surface area contributed by atoms with Gasteiger partial charge in [0.2, 0.25) is 5.95 Å². The molecule has 6 nitrogen and oxygen atoms in total. The third-order valence-electron chi connectivity index (χ3n) is 2.81. The second-order valence-corrected chi connectivity index (χ2v) is 4.33. The first kappa shape index (κ1) is 13.8. The fourth-order valence-electron chi connectivity index (χ4n) is 1.79. The van der Waals surface area contributed by atoms with Crippen molar-refractivity contribution in [2.24, 2.45) is 10.9 Å². The van der Waals surface area contributed by atoms with Gasteiger partial charge in [0.15, 0.2) is 0 Å². The van der Waals surface area contributed by atoms with Crippen LogP contribution in [0, 0.1) is 6.92 Å². The summed E-state index contributed by atoms with van der Waals surface area (Å²) in [6.45, 7) is 2.45. The predicted octanol–water partition coefficient (Wildman–Crippen LogP) is 2.06. The van der Waals surface area contributed by atoms with E-state index in [9.17, 15) is 0 Å². The molecule has 0 bridgehead atoms. The van der Waals surface area contributed by atoms with Crippen LogP contribution in [0.4, 0.5) is 11.6 Å². The highest BCUT2D eigenvalue weighted by Gasteiger charge is 2.12. The van der Waals surface area contributed by atoms with E-state index in [-0.39, 0.29) is 5.84 Å². The van der Waals surface area contributed by atoms with E-state index in [4.69, 9.17) is 10.9 Å². The summed E-state index contributed by atoms with van der Waals surface area (Å²) < 4.78 is 0. The first-order chi connectivity index (χ1) is 9.70. The Morgan fingerprint density at radius 1 is 1.30 bits per heavy atom. The number of amidine groups is 1. The molecule has 0 spiro atoms. The molecule has 1 heterocycles. The van der Waals surface area contributed by atoms with Crippen LogP contribution in [0.5, 0.6) is 0 Å². The summed E-state index contributed by atoms with van der Waals surface area (Å²) in [7, 11) is 0. The zero-order valence-corrected chi connectivity index (χ0v) is 11.3. The minimum Gasteiger partial charge on any atom is -0.409 e. The Hall–Kier alpha value is -2.63. The lowest BCUT2D eigenvalue weighted by Crippen LogP contribution is -2.25. The van der Waals surface area contributed by atoms with Crippen LogP contribution in [0.15, 0.2) is 47.8 Å². The molecule has 1 aromatic heterocycles. The van der Waals surface area contributed by atoms with Gasteiger partial charge in [0, 0.05) is 30.5 Å². The number of nitrogens with two attached hydrogens (primary N) is 1. The van der Waals surface area contributed by atoms with Gasteiger partial charge in [0.25, 0.3) is 0 Å². The van der Waals surface area contributed by atoms with Crippen molar-refractivity contribution < 1.29 is 5.21 Å². The molecular weight excluding hydrogens is 254 g/mol. The largest absolute Gasteiger partial charge is 0.409 e. The van der Waals surface area contributed by atoms with Gasteiger partial charge in [0.05, 0.1) is 0 Å². The number of rotatable bonds is 5. The van der Waals surface area contributed by atoms with E-state index in [0.717, 1.165) is 11.4 Å². The number of hydrogen-bond donors (Lipinski definition) is 2. The second-order valence-electron chi connectivity index (χ2n) is 4.33. The Morgan fingerprint density at radius 3 is 2.70 bits per heavy atom. The van der Waals surface area contributed by atoms with Crippen LogP contribution in [-0.4, -0.2) is 27.6 Å². The van der Waals surface area contributed by atoms with Crippen molar-refractivity contribution in [3.8, 4) is 0 Å². The molecule has 0 amide bonds. The number of nitrogens with zero attached hydrogens (tertiary/aromatic N) is 4. The maximum atomic E-state index is 8.65. The standard InChI is InChI=1S/C14H17N5O/c1-11-7-9-16-14(17-11)19(10-8-13(15)18-20)12-5-3-2-4-6-12/h2-7,9,20H,8,10H2,1H3,(H2,15,18). The molecule has 0 saturated heterocycles. The molecule has 0 atom stereocenters. The summed E-state index contributed by atoms with van der Waals surface area (Å²) in [4.78, 5) is 10.7. The minimum atomic E-state index is 0.179. The normalized spacial score (nSPS) is 11.3. The molecule has 6 heteroatoms. The molecule has 104 valence electrons. The first-order valence-electron chi connectivity index (χ1n) is 6.29. The first-order valence-corrected chi connectivity index (χ1v) is 6.29. The Labute approximate surface area is 117 Å². The topological polar surface area (TPSA) is 87.6 Å². The van der Waals surface area contributed by atoms with Gasteiger partial charge in [-0.1, -0.05) is 23.4 Å². The highest BCUT2D eigenvalue weighted by molar-refractivity contribution is 5.80. The zero-order chi connectivity index (χ0) is 14.4. The molecule has 2 aromatic rings. The van der Waals surface area contributed by atoms with Gasteiger partial charge in [-0.3, -0.25) is 0 Å². The smallest absolute Gasteiger partial charge is 0.230 e. The number of aryl methyl sites for hydroxylation is 1. The summed E-state index contributed by atoms with van der Waals surface area (Å²) in [5.41, 5.74) is 7.39. The summed E-state index contributed by atoms with van der Waals surface area (Å²) in [5.74, 6) is 0.778. The molecule has 1 aromatic carbocycles. The van der Waals surface area contributed by atoms with E-state index in [1.54, 1.807) is 6.20 Å². The maximum Gasteiger partial charge on any atom is 0.230 e. The van der Waals surface area contributed by atoms with Crippen LogP contribution >= 0.6 is 0 Å². The molecule has 0 aliphatic heterocycles. The molecule has 0 aliphatic carbocycles. The predicted molar refractivity (Wildman–Crippen MR) is 78.2 cm³/mol. The van der Waals surface area contributed by atoms with Crippen molar-refractivity contribution >= 4 is 17.5 Å². The lowest BCUT2D eigenvalue weighted by atomic mass is 10.2. The Morgan fingerprint density at radius 2 is 2.05 bits per heavy atom. The Balaban J connectivity index is 2.29. The fourth-order valence-corrected chi connectivity index (χ4v) is 1.79. The lowest BCUT2D eigenvalue weighted by molar-refractivity contribution is 0.317. The van der Waals surface area contributed by atoms with Crippen molar-refractivity contribution in [3.63, 3.8) is 0 Å². The van der Waals surface area contributed by atoms with Crippen LogP contribution in [-0.2, 0) is 0 Å². The number of benzene rings is 1. The van der Waals surface area contributed by atoms with Gasteiger partial charge in [-0.15, -0.1) is 0 Å². The fraction of sp³-hybridized carbons (Fsp3) is 0.214. The van der Waals surface area contributed by atoms with E-state index >= 15 is 0 Å². The number of aromatic nitrogens is 2. The molecular formula is C14H17N5O. The molecule has 0 unspecified atom stereocenters. The van der Waals surface area contributed by atoms with Crippen LogP contribution in [0.25, 0.3) is 0 Å². The van der Waals surface area contributed by atoms with Gasteiger partial charge in [-0.05, 0) is 25.1 Å². The Bertz CT molecular complexity index is 585. The summed E-state index contributed by atoms with van der Waals surface area (Å²) in [6.07, 6.45) is 2.14. The van der Waals surface area contributed by atoms with Gasteiger partial charge < -0.3 is 15.8 Å². The number of oxime groups is 1. The minimum absolute atomic E-state index is 0.179. The van der Waals surface area contributed by atoms with E-state index in [2.05, 4.69) is 15.1 Å². The molecule has 0 aliphatic rings. The molecule has 0 radical (unpaired) electrons. The van der Waals surface area contributed by atoms with Crippen molar-refractivity contribution in [3.05, 3.63) is 48.3 Å². The van der Waals surface area contributed by atoms with Crippen LogP contribution in [0.3, 0.4) is 0 Å². The molecule has 20 heavy (non-hydrogen) atoms. The molecule has 0 fully saturated rings. The average molecular weight is 271 g/mol. The van der Waals surface area contributed by atoms with Crippen LogP contribution in [0.2, 0.25) is 0 Å². The van der Waals surface area contributed by atoms with Gasteiger partial charge >= 0.3 is 0 Å². The monoisotopic (exact) mass is 271 g/mol.